The first-order valence-electron chi connectivity index (χ1n) is 6.82. The van der Waals surface area contributed by atoms with Crippen molar-refractivity contribution >= 4 is 5.91 Å². The number of carbonyl (C=O) groups is 1. The Kier molecular flexibility index (Phi) is 5.95. The Morgan fingerprint density at radius 1 is 1.26 bits per heavy atom. The summed E-state index contributed by atoms with van der Waals surface area (Å²) in [6, 6.07) is 0. The Balaban J connectivity index is 2.73. The van der Waals surface area contributed by atoms with E-state index in [2.05, 4.69) is 27.0 Å². The molecule has 1 heterocycles. The molecule has 0 bridgehead atoms. The second kappa shape index (κ2) is 7.23. The first kappa shape index (κ1) is 15.6. The molecule has 108 valence electrons. The van der Waals surface area contributed by atoms with Gasteiger partial charge in [0.05, 0.1) is 0 Å². The molecule has 6 nitrogen and oxygen atoms in total. The zero-order valence-electron chi connectivity index (χ0n) is 12.6. The number of aromatic amines is 1. The van der Waals surface area contributed by atoms with Crippen LogP contribution in [0.25, 0.3) is 0 Å². The van der Waals surface area contributed by atoms with E-state index in [1.807, 2.05) is 32.8 Å². The molecule has 0 atom stereocenters. The molecule has 0 fully saturated rings. The molecule has 1 N–H and O–H groups in total. The molecule has 1 aromatic heterocycles. The fraction of sp³-hybridized carbons (Fsp3) is 0.769. The summed E-state index contributed by atoms with van der Waals surface area (Å²) in [5.74, 6) is 1.19. The van der Waals surface area contributed by atoms with Crippen molar-refractivity contribution in [2.75, 3.05) is 33.7 Å². The molecule has 1 amide bonds. The highest BCUT2D eigenvalue weighted by Crippen LogP contribution is 2.09. The van der Waals surface area contributed by atoms with Gasteiger partial charge in [-0.15, -0.1) is 5.10 Å². The smallest absolute Gasteiger partial charge is 0.293 e. The van der Waals surface area contributed by atoms with Crippen molar-refractivity contribution in [2.45, 2.75) is 33.1 Å². The van der Waals surface area contributed by atoms with E-state index in [1.165, 1.54) is 0 Å². The van der Waals surface area contributed by atoms with Gasteiger partial charge in [-0.3, -0.25) is 9.89 Å². The molecule has 0 aromatic carbocycles. The van der Waals surface area contributed by atoms with E-state index in [-0.39, 0.29) is 17.6 Å². The minimum atomic E-state index is -0.0909. The SMILES string of the molecule is CCCN(CCN(C)C)C(=O)c1n[nH]c(C(C)C)n1. The molecule has 0 unspecified atom stereocenters. The average molecular weight is 267 g/mol. The lowest BCUT2D eigenvalue weighted by molar-refractivity contribution is 0.0733. The molecule has 0 spiro atoms. The van der Waals surface area contributed by atoms with Crippen LogP contribution >= 0.6 is 0 Å². The van der Waals surface area contributed by atoms with Gasteiger partial charge in [0.25, 0.3) is 5.91 Å². The molecule has 0 radical (unpaired) electrons. The molecular formula is C13H25N5O. The highest BCUT2D eigenvalue weighted by Gasteiger charge is 2.20. The van der Waals surface area contributed by atoms with Crippen molar-refractivity contribution in [3.8, 4) is 0 Å². The summed E-state index contributed by atoms with van der Waals surface area (Å²) < 4.78 is 0. The van der Waals surface area contributed by atoms with Gasteiger partial charge in [0.15, 0.2) is 0 Å². The minimum absolute atomic E-state index is 0.0909. The van der Waals surface area contributed by atoms with E-state index in [9.17, 15) is 4.79 Å². The van der Waals surface area contributed by atoms with Crippen molar-refractivity contribution in [2.24, 2.45) is 0 Å². The third-order valence-electron chi connectivity index (χ3n) is 2.84. The van der Waals surface area contributed by atoms with Crippen LogP contribution in [0, 0.1) is 0 Å². The van der Waals surface area contributed by atoms with E-state index in [1.54, 1.807) is 0 Å². The lowest BCUT2D eigenvalue weighted by atomic mass is 10.2. The second-order valence-electron chi connectivity index (χ2n) is 5.29. The molecule has 19 heavy (non-hydrogen) atoms. The summed E-state index contributed by atoms with van der Waals surface area (Å²) >= 11 is 0. The molecule has 0 aliphatic heterocycles. The van der Waals surface area contributed by atoms with E-state index in [0.717, 1.165) is 25.3 Å². The predicted octanol–water partition coefficient (Wildman–Crippen LogP) is 1.34. The van der Waals surface area contributed by atoms with E-state index >= 15 is 0 Å². The lowest BCUT2D eigenvalue weighted by Gasteiger charge is -2.22. The van der Waals surface area contributed by atoms with Crippen LogP contribution in [-0.2, 0) is 0 Å². The maximum absolute atomic E-state index is 12.3. The summed E-state index contributed by atoms with van der Waals surface area (Å²) in [7, 11) is 4.00. The van der Waals surface area contributed by atoms with Gasteiger partial charge in [0.1, 0.15) is 5.82 Å². The third kappa shape index (κ3) is 4.63. The van der Waals surface area contributed by atoms with Crippen molar-refractivity contribution in [3.63, 3.8) is 0 Å². The number of nitrogens with zero attached hydrogens (tertiary/aromatic N) is 4. The number of aromatic nitrogens is 3. The van der Waals surface area contributed by atoms with Gasteiger partial charge in [-0.05, 0) is 20.5 Å². The number of nitrogens with one attached hydrogen (secondary N) is 1. The zero-order valence-corrected chi connectivity index (χ0v) is 12.6. The van der Waals surface area contributed by atoms with Crippen LogP contribution in [0.4, 0.5) is 0 Å². The Hall–Kier alpha value is -1.43. The van der Waals surface area contributed by atoms with Crippen molar-refractivity contribution in [1.29, 1.82) is 0 Å². The van der Waals surface area contributed by atoms with Crippen molar-refractivity contribution < 1.29 is 4.79 Å². The fourth-order valence-corrected chi connectivity index (χ4v) is 1.68. The average Bonchev–Trinajstić information content (AvgIpc) is 2.83. The van der Waals surface area contributed by atoms with Gasteiger partial charge < -0.3 is 9.80 Å². The number of rotatable bonds is 7. The normalized spacial score (nSPS) is 11.3. The van der Waals surface area contributed by atoms with Crippen LogP contribution in [-0.4, -0.2) is 64.6 Å². The summed E-state index contributed by atoms with van der Waals surface area (Å²) in [5.41, 5.74) is 0. The topological polar surface area (TPSA) is 65.1 Å². The lowest BCUT2D eigenvalue weighted by Crippen LogP contribution is -2.37. The molecule has 0 aliphatic carbocycles. The van der Waals surface area contributed by atoms with Crippen molar-refractivity contribution in [1.82, 2.24) is 25.0 Å². The molecule has 0 aliphatic rings. The van der Waals surface area contributed by atoms with Crippen LogP contribution in [0.1, 0.15) is 49.6 Å². The van der Waals surface area contributed by atoms with Gasteiger partial charge in [0, 0.05) is 25.6 Å². The highest BCUT2D eigenvalue weighted by atomic mass is 16.2. The summed E-state index contributed by atoms with van der Waals surface area (Å²) in [5, 5.41) is 6.86. The van der Waals surface area contributed by atoms with Gasteiger partial charge in [-0.2, -0.15) is 0 Å². The zero-order chi connectivity index (χ0) is 14.4. The van der Waals surface area contributed by atoms with Gasteiger partial charge in [0.2, 0.25) is 5.82 Å². The van der Waals surface area contributed by atoms with Crippen LogP contribution in [0.5, 0.6) is 0 Å². The van der Waals surface area contributed by atoms with Gasteiger partial charge >= 0.3 is 0 Å². The summed E-state index contributed by atoms with van der Waals surface area (Å²) in [6.07, 6.45) is 0.931. The number of carbonyl (C=O) groups excluding carboxylic acids is 1. The predicted molar refractivity (Wildman–Crippen MR) is 75.2 cm³/mol. The number of likely N-dealkylation sites (N-methyl/N-ethyl adjacent to an activating group) is 1. The third-order valence-corrected chi connectivity index (χ3v) is 2.84. The van der Waals surface area contributed by atoms with E-state index in [4.69, 9.17) is 0 Å². The standard InChI is InChI=1S/C13H25N5O/c1-6-7-18(9-8-17(4)5)13(19)12-14-11(10(2)3)15-16-12/h10H,6-9H2,1-5H3,(H,14,15,16). The number of hydrogen-bond acceptors (Lipinski definition) is 4. The minimum Gasteiger partial charge on any atom is -0.335 e. The molecule has 0 saturated carbocycles. The number of hydrogen-bond donors (Lipinski definition) is 1. The molecule has 1 aromatic rings. The first-order valence-corrected chi connectivity index (χ1v) is 6.82. The maximum atomic E-state index is 12.3. The molecular weight excluding hydrogens is 242 g/mol. The van der Waals surface area contributed by atoms with Crippen LogP contribution in [0.2, 0.25) is 0 Å². The van der Waals surface area contributed by atoms with Crippen molar-refractivity contribution in [3.05, 3.63) is 11.6 Å². The fourth-order valence-electron chi connectivity index (χ4n) is 1.68. The Morgan fingerprint density at radius 3 is 2.42 bits per heavy atom. The monoisotopic (exact) mass is 267 g/mol. The first-order chi connectivity index (χ1) is 8.95. The van der Waals surface area contributed by atoms with E-state index < -0.39 is 0 Å². The molecule has 6 heteroatoms. The molecule has 0 saturated heterocycles. The van der Waals surface area contributed by atoms with E-state index in [0.29, 0.717) is 6.54 Å². The Bertz CT molecular complexity index is 399. The van der Waals surface area contributed by atoms with Crippen LogP contribution in [0.15, 0.2) is 0 Å². The number of amides is 1. The summed E-state index contributed by atoms with van der Waals surface area (Å²) in [6.45, 7) is 8.37. The largest absolute Gasteiger partial charge is 0.335 e. The Labute approximate surface area is 115 Å². The number of H-pyrrole nitrogens is 1. The van der Waals surface area contributed by atoms with Crippen LogP contribution < -0.4 is 0 Å². The van der Waals surface area contributed by atoms with Gasteiger partial charge in [-0.1, -0.05) is 20.8 Å². The summed E-state index contributed by atoms with van der Waals surface area (Å²) in [4.78, 5) is 20.5. The highest BCUT2D eigenvalue weighted by molar-refractivity contribution is 5.90. The van der Waals surface area contributed by atoms with Gasteiger partial charge in [-0.25, -0.2) is 4.98 Å². The quantitative estimate of drug-likeness (QED) is 0.809. The van der Waals surface area contributed by atoms with Crippen LogP contribution in [0.3, 0.4) is 0 Å². The molecule has 1 rings (SSSR count). The Morgan fingerprint density at radius 2 is 1.95 bits per heavy atom. The maximum Gasteiger partial charge on any atom is 0.293 e. The second-order valence-corrected chi connectivity index (χ2v) is 5.29.